The van der Waals surface area contributed by atoms with Gasteiger partial charge in [-0.05, 0) is 96.8 Å². The number of hydrogen-bond donors (Lipinski definition) is 0. The minimum absolute atomic E-state index is 0.400. The molecule has 0 aliphatic carbocycles. The number of rotatable bonds is 7. The van der Waals surface area contributed by atoms with E-state index in [9.17, 15) is 4.79 Å². The molecule has 0 heterocycles. The van der Waals surface area contributed by atoms with Crippen molar-refractivity contribution in [1.82, 2.24) is 0 Å². The van der Waals surface area contributed by atoms with Crippen molar-refractivity contribution in [3.05, 3.63) is 126 Å². The van der Waals surface area contributed by atoms with E-state index >= 15 is 0 Å². The van der Waals surface area contributed by atoms with Crippen LogP contribution in [-0.2, 0) is 13.2 Å². The van der Waals surface area contributed by atoms with Crippen LogP contribution < -0.4 is 9.47 Å². The summed E-state index contributed by atoms with van der Waals surface area (Å²) < 4.78 is 11.3. The van der Waals surface area contributed by atoms with Gasteiger partial charge in [-0.15, -0.1) is 0 Å². The SMILES string of the molecule is Cc1cc(OCc2ccc(Cl)c(Cl)c2)ccc1C#N.Cc1cc(OCc2ccc(Cl)c(Cl)c2)ccc1C=O. The van der Waals surface area contributed by atoms with Gasteiger partial charge >= 0.3 is 0 Å². The molecule has 4 rings (SSSR count). The largest absolute Gasteiger partial charge is 0.489 e. The van der Waals surface area contributed by atoms with Crippen LogP contribution in [0.25, 0.3) is 0 Å². The number of nitrogens with zero attached hydrogens (tertiary/aromatic N) is 1. The summed E-state index contributed by atoms with van der Waals surface area (Å²) in [7, 11) is 0. The van der Waals surface area contributed by atoms with Crippen molar-refractivity contribution in [3.8, 4) is 17.6 Å². The Kier molecular flexibility index (Phi) is 10.9. The van der Waals surface area contributed by atoms with Crippen LogP contribution >= 0.6 is 46.4 Å². The maximum absolute atomic E-state index is 10.7. The highest BCUT2D eigenvalue weighted by molar-refractivity contribution is 6.42. The number of carbonyl (C=O) groups excluding carboxylic acids is 1. The Morgan fingerprint density at radius 2 is 1.18 bits per heavy atom. The number of ether oxygens (including phenoxy) is 2. The monoisotopic (exact) mass is 585 g/mol. The Balaban J connectivity index is 0.000000211. The fourth-order valence-corrected chi connectivity index (χ4v) is 3.96. The second-order valence-electron chi connectivity index (χ2n) is 8.30. The first-order valence-electron chi connectivity index (χ1n) is 11.4. The van der Waals surface area contributed by atoms with Gasteiger partial charge in [0.05, 0.1) is 31.7 Å². The number of benzene rings is 4. The molecule has 0 fully saturated rings. The Labute approximate surface area is 242 Å². The van der Waals surface area contributed by atoms with Crippen LogP contribution in [0.2, 0.25) is 20.1 Å². The van der Waals surface area contributed by atoms with Crippen LogP contribution in [-0.4, -0.2) is 6.29 Å². The Morgan fingerprint density at radius 3 is 1.61 bits per heavy atom. The molecule has 0 bridgehead atoms. The van der Waals surface area contributed by atoms with Gasteiger partial charge in [0.25, 0.3) is 0 Å². The van der Waals surface area contributed by atoms with Crippen LogP contribution in [0.1, 0.15) is 38.2 Å². The first-order chi connectivity index (χ1) is 18.2. The predicted octanol–water partition coefficient (Wildman–Crippen LogP) is 9.45. The third kappa shape index (κ3) is 8.41. The highest BCUT2D eigenvalue weighted by atomic mass is 35.5. The summed E-state index contributed by atoms with van der Waals surface area (Å²) in [5, 5.41) is 10.9. The first kappa shape index (κ1) is 29.4. The van der Waals surface area contributed by atoms with Crippen LogP contribution in [0, 0.1) is 25.2 Å². The molecule has 4 aromatic rings. The van der Waals surface area contributed by atoms with Gasteiger partial charge < -0.3 is 9.47 Å². The van der Waals surface area contributed by atoms with Gasteiger partial charge in [-0.3, -0.25) is 4.79 Å². The molecule has 0 saturated heterocycles. The predicted molar refractivity (Wildman–Crippen MR) is 154 cm³/mol. The lowest BCUT2D eigenvalue weighted by atomic mass is 10.1. The number of nitriles is 1. The van der Waals surface area contributed by atoms with Gasteiger partial charge in [0, 0.05) is 5.56 Å². The summed E-state index contributed by atoms with van der Waals surface area (Å²) in [6.45, 7) is 4.55. The average molecular weight is 587 g/mol. The van der Waals surface area contributed by atoms with E-state index in [1.165, 1.54) is 0 Å². The average Bonchev–Trinajstić information content (AvgIpc) is 2.90. The van der Waals surface area contributed by atoms with E-state index in [1.807, 2.05) is 38.1 Å². The molecule has 0 aliphatic heterocycles. The number of carbonyl (C=O) groups is 1. The first-order valence-corrected chi connectivity index (χ1v) is 12.9. The van der Waals surface area contributed by atoms with Crippen molar-refractivity contribution in [2.75, 3.05) is 0 Å². The molecule has 4 aromatic carbocycles. The molecule has 38 heavy (non-hydrogen) atoms. The zero-order valence-electron chi connectivity index (χ0n) is 20.6. The Bertz CT molecular complexity index is 1480. The molecule has 194 valence electrons. The molecule has 0 atom stereocenters. The summed E-state index contributed by atoms with van der Waals surface area (Å²) in [4.78, 5) is 10.7. The summed E-state index contributed by atoms with van der Waals surface area (Å²) in [5.41, 5.74) is 4.99. The summed E-state index contributed by atoms with van der Waals surface area (Å²) >= 11 is 23.6. The molecule has 0 saturated carbocycles. The normalized spacial score (nSPS) is 10.1. The fourth-order valence-electron chi connectivity index (χ4n) is 3.31. The summed E-state index contributed by atoms with van der Waals surface area (Å²) in [6, 6.07) is 23.6. The minimum atomic E-state index is 0.400. The van der Waals surface area contributed by atoms with Gasteiger partial charge in [-0.25, -0.2) is 0 Å². The zero-order chi connectivity index (χ0) is 27.7. The molecular formula is C30H23Cl4NO3. The molecule has 0 amide bonds. The highest BCUT2D eigenvalue weighted by Crippen LogP contribution is 2.25. The summed E-state index contributed by atoms with van der Waals surface area (Å²) in [5.74, 6) is 1.44. The summed E-state index contributed by atoms with van der Waals surface area (Å²) in [6.07, 6.45) is 0.831. The highest BCUT2D eigenvalue weighted by Gasteiger charge is 2.04. The Hall–Kier alpha value is -3.20. The van der Waals surface area contributed by atoms with Gasteiger partial charge in [-0.2, -0.15) is 5.26 Å². The molecular weight excluding hydrogens is 564 g/mol. The van der Waals surface area contributed by atoms with Gasteiger partial charge in [-0.1, -0.05) is 58.5 Å². The molecule has 0 N–H and O–H groups in total. The molecule has 4 nitrogen and oxygen atoms in total. The number of aryl methyl sites for hydroxylation is 2. The van der Waals surface area contributed by atoms with E-state index < -0.39 is 0 Å². The standard InChI is InChI=1S/C15H11Cl2NO.C15H12Cl2O2/c2*1-10-6-13(4-3-12(10)8-18)19-9-11-2-5-14(16)15(17)7-11/h2-7H,9H2,1H3;2-8H,9H2,1H3. The second-order valence-corrected chi connectivity index (χ2v) is 9.93. The maximum atomic E-state index is 10.7. The van der Waals surface area contributed by atoms with Crippen molar-refractivity contribution in [2.45, 2.75) is 27.1 Å². The lowest BCUT2D eigenvalue weighted by molar-refractivity contribution is 0.112. The number of hydrogen-bond acceptors (Lipinski definition) is 4. The minimum Gasteiger partial charge on any atom is -0.489 e. The number of halogens is 4. The molecule has 0 unspecified atom stereocenters. The molecule has 0 aromatic heterocycles. The fraction of sp³-hybridized carbons (Fsp3) is 0.133. The molecule has 0 radical (unpaired) electrons. The number of aldehydes is 1. The smallest absolute Gasteiger partial charge is 0.150 e. The molecule has 8 heteroatoms. The van der Waals surface area contributed by atoms with Gasteiger partial charge in [0.2, 0.25) is 0 Å². The third-order valence-electron chi connectivity index (χ3n) is 5.47. The zero-order valence-corrected chi connectivity index (χ0v) is 23.6. The third-order valence-corrected chi connectivity index (χ3v) is 6.94. The van der Waals surface area contributed by atoms with E-state index in [1.54, 1.807) is 48.5 Å². The van der Waals surface area contributed by atoms with E-state index in [-0.39, 0.29) is 0 Å². The van der Waals surface area contributed by atoms with Crippen molar-refractivity contribution in [3.63, 3.8) is 0 Å². The van der Waals surface area contributed by atoms with Crippen LogP contribution in [0.15, 0.2) is 72.8 Å². The van der Waals surface area contributed by atoms with E-state index in [0.29, 0.717) is 50.2 Å². The maximum Gasteiger partial charge on any atom is 0.150 e. The lowest BCUT2D eigenvalue weighted by Gasteiger charge is -2.08. The topological polar surface area (TPSA) is 59.3 Å². The lowest BCUT2D eigenvalue weighted by Crippen LogP contribution is -1.96. The van der Waals surface area contributed by atoms with Crippen molar-refractivity contribution >= 4 is 52.7 Å². The van der Waals surface area contributed by atoms with Gasteiger partial charge in [0.15, 0.2) is 0 Å². The van der Waals surface area contributed by atoms with E-state index in [4.69, 9.17) is 61.1 Å². The molecule has 0 spiro atoms. The van der Waals surface area contributed by atoms with Crippen molar-refractivity contribution in [1.29, 1.82) is 5.26 Å². The quantitative estimate of drug-likeness (QED) is 0.202. The second kappa shape index (κ2) is 14.1. The Morgan fingerprint density at radius 1 is 0.684 bits per heavy atom. The van der Waals surface area contributed by atoms with Crippen molar-refractivity contribution in [2.24, 2.45) is 0 Å². The van der Waals surface area contributed by atoms with E-state index in [0.717, 1.165) is 34.3 Å². The van der Waals surface area contributed by atoms with Crippen LogP contribution in [0.5, 0.6) is 11.5 Å². The van der Waals surface area contributed by atoms with Crippen molar-refractivity contribution < 1.29 is 14.3 Å². The van der Waals surface area contributed by atoms with Crippen LogP contribution in [0.4, 0.5) is 0 Å². The van der Waals surface area contributed by atoms with Gasteiger partial charge in [0.1, 0.15) is 31.0 Å². The van der Waals surface area contributed by atoms with E-state index in [2.05, 4.69) is 6.07 Å². The molecule has 0 aliphatic rings. The van der Waals surface area contributed by atoms with Crippen LogP contribution in [0.3, 0.4) is 0 Å².